The fourth-order valence-corrected chi connectivity index (χ4v) is 2.14. The Hall–Kier alpha value is -0.570. The molecule has 1 rings (SSSR count). The second kappa shape index (κ2) is 6.89. The molecule has 0 bridgehead atoms. The van der Waals surface area contributed by atoms with E-state index in [-0.39, 0.29) is 5.92 Å². The van der Waals surface area contributed by atoms with E-state index in [1.807, 2.05) is 4.90 Å². The van der Waals surface area contributed by atoms with E-state index in [9.17, 15) is 4.79 Å². The van der Waals surface area contributed by atoms with Crippen LogP contribution in [0.25, 0.3) is 0 Å². The van der Waals surface area contributed by atoms with Gasteiger partial charge in [-0.3, -0.25) is 4.79 Å². The van der Waals surface area contributed by atoms with Gasteiger partial charge in [0.05, 0.1) is 6.61 Å². The van der Waals surface area contributed by atoms with Crippen molar-refractivity contribution in [2.24, 2.45) is 5.92 Å². The third kappa shape index (κ3) is 3.78. The lowest BCUT2D eigenvalue weighted by Gasteiger charge is -2.29. The highest BCUT2D eigenvalue weighted by Gasteiger charge is 2.25. The lowest BCUT2D eigenvalue weighted by Crippen LogP contribution is -2.42. The van der Waals surface area contributed by atoms with Gasteiger partial charge in [-0.25, -0.2) is 0 Å². The van der Waals surface area contributed by atoms with Crippen molar-refractivity contribution in [2.45, 2.75) is 52.5 Å². The molecule has 3 heteroatoms. The first-order valence-corrected chi connectivity index (χ1v) is 6.55. The van der Waals surface area contributed by atoms with Crippen LogP contribution in [-0.2, 0) is 9.53 Å². The fraction of sp³-hybridized carbons (Fsp3) is 0.923. The second-order valence-electron chi connectivity index (χ2n) is 4.82. The number of ether oxygens (including phenoxy) is 1. The molecule has 0 spiro atoms. The molecule has 0 aliphatic carbocycles. The molecule has 1 saturated heterocycles. The molecule has 0 aromatic carbocycles. The Morgan fingerprint density at radius 2 is 2.25 bits per heavy atom. The number of rotatable bonds is 4. The van der Waals surface area contributed by atoms with Crippen molar-refractivity contribution in [3.05, 3.63) is 0 Å². The predicted molar refractivity (Wildman–Crippen MR) is 65.3 cm³/mol. The van der Waals surface area contributed by atoms with Gasteiger partial charge in [-0.05, 0) is 19.8 Å². The summed E-state index contributed by atoms with van der Waals surface area (Å²) in [6.45, 7) is 8.58. The average Bonchev–Trinajstić information content (AvgIpc) is 2.49. The van der Waals surface area contributed by atoms with E-state index < -0.39 is 0 Å². The monoisotopic (exact) mass is 227 g/mol. The van der Waals surface area contributed by atoms with Crippen molar-refractivity contribution < 1.29 is 9.53 Å². The summed E-state index contributed by atoms with van der Waals surface area (Å²) in [5, 5.41) is 0. The minimum absolute atomic E-state index is 0.167. The Morgan fingerprint density at radius 1 is 1.50 bits per heavy atom. The van der Waals surface area contributed by atoms with Gasteiger partial charge >= 0.3 is 0 Å². The van der Waals surface area contributed by atoms with Gasteiger partial charge in [0.2, 0.25) is 5.91 Å². The highest BCUT2D eigenvalue weighted by atomic mass is 16.5. The van der Waals surface area contributed by atoms with Crippen LogP contribution in [0.5, 0.6) is 0 Å². The van der Waals surface area contributed by atoms with Gasteiger partial charge in [0.25, 0.3) is 0 Å². The summed E-state index contributed by atoms with van der Waals surface area (Å²) in [7, 11) is 0. The van der Waals surface area contributed by atoms with E-state index in [0.717, 1.165) is 38.8 Å². The third-order valence-electron chi connectivity index (χ3n) is 3.38. The minimum atomic E-state index is 0.167. The van der Waals surface area contributed by atoms with Gasteiger partial charge in [-0.2, -0.15) is 0 Å². The summed E-state index contributed by atoms with van der Waals surface area (Å²) in [5.74, 6) is 0.479. The van der Waals surface area contributed by atoms with Crippen molar-refractivity contribution in [1.29, 1.82) is 0 Å². The molecule has 0 aromatic rings. The topological polar surface area (TPSA) is 29.5 Å². The molecule has 94 valence electrons. The zero-order chi connectivity index (χ0) is 12.0. The van der Waals surface area contributed by atoms with E-state index in [4.69, 9.17) is 4.74 Å². The lowest BCUT2D eigenvalue weighted by atomic mass is 10.0. The first-order valence-electron chi connectivity index (χ1n) is 6.55. The Labute approximate surface area is 99.1 Å². The predicted octanol–water partition coefficient (Wildman–Crippen LogP) is 2.45. The largest absolute Gasteiger partial charge is 0.380 e. The van der Waals surface area contributed by atoms with E-state index >= 15 is 0 Å². The summed E-state index contributed by atoms with van der Waals surface area (Å²) in [6, 6.07) is 0.332. The third-order valence-corrected chi connectivity index (χ3v) is 3.38. The molecule has 0 N–H and O–H groups in total. The molecule has 1 amide bonds. The summed E-state index contributed by atoms with van der Waals surface area (Å²) < 4.78 is 5.41. The molecule has 3 nitrogen and oxygen atoms in total. The normalized spacial score (nSPS) is 23.9. The highest BCUT2D eigenvalue weighted by Crippen LogP contribution is 2.16. The maximum Gasteiger partial charge on any atom is 0.225 e. The Balaban J connectivity index is 2.49. The van der Waals surface area contributed by atoms with E-state index in [0.29, 0.717) is 18.6 Å². The molecule has 1 aliphatic heterocycles. The molecule has 1 fully saturated rings. The summed E-state index contributed by atoms with van der Waals surface area (Å²) in [4.78, 5) is 14.2. The van der Waals surface area contributed by atoms with Gasteiger partial charge < -0.3 is 9.64 Å². The van der Waals surface area contributed by atoms with Gasteiger partial charge in [0.15, 0.2) is 0 Å². The summed E-state index contributed by atoms with van der Waals surface area (Å²) in [5.41, 5.74) is 0. The van der Waals surface area contributed by atoms with Crippen LogP contribution in [0.2, 0.25) is 0 Å². The van der Waals surface area contributed by atoms with E-state index in [2.05, 4.69) is 20.8 Å². The van der Waals surface area contributed by atoms with Crippen LogP contribution in [0.4, 0.5) is 0 Å². The molecule has 16 heavy (non-hydrogen) atoms. The highest BCUT2D eigenvalue weighted by molar-refractivity contribution is 5.78. The number of carbonyl (C=O) groups is 1. The molecular formula is C13H25NO2. The standard InChI is InChI=1S/C13H25NO2/c1-4-5-6-11(2)13(15)14-8-10-16-9-7-12(14)3/h11-12H,4-10H2,1-3H3/t11-,12-/m1/s1. The number of nitrogens with zero attached hydrogens (tertiary/aromatic N) is 1. The van der Waals surface area contributed by atoms with Crippen LogP contribution in [0.1, 0.15) is 46.5 Å². The number of hydrogen-bond donors (Lipinski definition) is 0. The Morgan fingerprint density at radius 3 is 2.94 bits per heavy atom. The number of hydrogen-bond acceptors (Lipinski definition) is 2. The zero-order valence-corrected chi connectivity index (χ0v) is 10.9. The molecule has 1 heterocycles. The fourth-order valence-electron chi connectivity index (χ4n) is 2.14. The van der Waals surface area contributed by atoms with Crippen molar-refractivity contribution in [2.75, 3.05) is 19.8 Å². The van der Waals surface area contributed by atoms with Crippen LogP contribution in [0.15, 0.2) is 0 Å². The first kappa shape index (κ1) is 13.5. The Bertz CT molecular complexity index is 218. The smallest absolute Gasteiger partial charge is 0.225 e. The molecular weight excluding hydrogens is 202 g/mol. The van der Waals surface area contributed by atoms with Gasteiger partial charge in [0, 0.05) is 25.1 Å². The maximum absolute atomic E-state index is 12.2. The molecule has 0 unspecified atom stereocenters. The molecule has 0 radical (unpaired) electrons. The molecule has 0 saturated carbocycles. The van der Waals surface area contributed by atoms with Crippen molar-refractivity contribution in [3.8, 4) is 0 Å². The summed E-state index contributed by atoms with van der Waals surface area (Å²) >= 11 is 0. The van der Waals surface area contributed by atoms with Crippen molar-refractivity contribution >= 4 is 5.91 Å². The van der Waals surface area contributed by atoms with Gasteiger partial charge in [-0.1, -0.05) is 26.7 Å². The first-order chi connectivity index (χ1) is 7.66. The molecule has 2 atom stereocenters. The Kier molecular flexibility index (Phi) is 5.81. The second-order valence-corrected chi connectivity index (χ2v) is 4.82. The quantitative estimate of drug-likeness (QED) is 0.738. The van der Waals surface area contributed by atoms with Gasteiger partial charge in [-0.15, -0.1) is 0 Å². The average molecular weight is 227 g/mol. The van der Waals surface area contributed by atoms with Crippen LogP contribution in [0.3, 0.4) is 0 Å². The van der Waals surface area contributed by atoms with E-state index in [1.54, 1.807) is 0 Å². The summed E-state index contributed by atoms with van der Waals surface area (Å²) in [6.07, 6.45) is 4.29. The zero-order valence-electron chi connectivity index (χ0n) is 10.9. The lowest BCUT2D eigenvalue weighted by molar-refractivity contribution is -0.137. The van der Waals surface area contributed by atoms with Crippen LogP contribution in [-0.4, -0.2) is 36.6 Å². The number of carbonyl (C=O) groups excluding carboxylic acids is 1. The van der Waals surface area contributed by atoms with Crippen molar-refractivity contribution in [3.63, 3.8) is 0 Å². The van der Waals surface area contributed by atoms with Crippen molar-refractivity contribution in [1.82, 2.24) is 4.90 Å². The van der Waals surface area contributed by atoms with Crippen LogP contribution >= 0.6 is 0 Å². The van der Waals surface area contributed by atoms with Crippen LogP contribution < -0.4 is 0 Å². The molecule has 0 aromatic heterocycles. The van der Waals surface area contributed by atoms with E-state index in [1.165, 1.54) is 0 Å². The number of amides is 1. The minimum Gasteiger partial charge on any atom is -0.380 e. The van der Waals surface area contributed by atoms with Crippen LogP contribution in [0, 0.1) is 5.92 Å². The number of unbranched alkanes of at least 4 members (excludes halogenated alkanes) is 1. The van der Waals surface area contributed by atoms with Gasteiger partial charge in [0.1, 0.15) is 0 Å². The molecule has 1 aliphatic rings. The maximum atomic E-state index is 12.2. The SMILES string of the molecule is CCCC[C@@H](C)C(=O)N1CCOCC[C@H]1C.